The lowest BCUT2D eigenvalue weighted by molar-refractivity contribution is 0.144. The molecule has 0 unspecified atom stereocenters. The van der Waals surface area contributed by atoms with Crippen molar-refractivity contribution < 1.29 is 9.47 Å². The van der Waals surface area contributed by atoms with Gasteiger partial charge in [0.15, 0.2) is 0 Å². The lowest BCUT2D eigenvalue weighted by Gasteiger charge is -2.17. The van der Waals surface area contributed by atoms with E-state index in [4.69, 9.17) is 9.47 Å². The summed E-state index contributed by atoms with van der Waals surface area (Å²) in [5.74, 6) is 0.910. The molecule has 0 aliphatic rings. The Morgan fingerprint density at radius 2 is 1.90 bits per heavy atom. The highest BCUT2D eigenvalue weighted by Gasteiger charge is 2.00. The zero-order valence-electron chi connectivity index (χ0n) is 13.0. The molecule has 1 aromatic carbocycles. The monoisotopic (exact) mass is 280 g/mol. The van der Waals surface area contributed by atoms with Gasteiger partial charge >= 0.3 is 0 Å². The van der Waals surface area contributed by atoms with Crippen LogP contribution >= 0.6 is 0 Å². The maximum Gasteiger partial charge on any atom is 0.118 e. The average molecular weight is 280 g/mol. The van der Waals surface area contributed by atoms with Crippen LogP contribution < -0.4 is 10.1 Å². The minimum atomic E-state index is 0.810. The van der Waals surface area contributed by atoms with Crippen LogP contribution in [0.1, 0.15) is 18.9 Å². The third-order valence-electron chi connectivity index (χ3n) is 3.13. The Morgan fingerprint density at radius 3 is 2.55 bits per heavy atom. The van der Waals surface area contributed by atoms with Gasteiger partial charge in [0.1, 0.15) is 5.75 Å². The maximum atomic E-state index is 5.30. The fourth-order valence-electron chi connectivity index (χ4n) is 1.96. The molecule has 0 aliphatic heterocycles. The molecule has 1 aromatic rings. The molecule has 0 aliphatic carbocycles. The largest absolute Gasteiger partial charge is 0.497 e. The Morgan fingerprint density at radius 1 is 1.15 bits per heavy atom. The van der Waals surface area contributed by atoms with Crippen LogP contribution in [0.15, 0.2) is 24.3 Å². The number of methoxy groups -OCH3 is 1. The molecule has 1 N–H and O–H groups in total. The Balaban J connectivity index is 2.08. The normalized spacial score (nSPS) is 11.0. The number of likely N-dealkylation sites (N-methyl/N-ethyl adjacent to an activating group) is 1. The third-order valence-corrected chi connectivity index (χ3v) is 3.13. The number of nitrogens with zero attached hydrogens (tertiary/aromatic N) is 1. The van der Waals surface area contributed by atoms with Gasteiger partial charge in [0.05, 0.1) is 7.11 Å². The molecule has 1 rings (SSSR count). The van der Waals surface area contributed by atoms with Crippen LogP contribution in [0.5, 0.6) is 5.75 Å². The molecule has 0 saturated carbocycles. The van der Waals surface area contributed by atoms with Crippen molar-refractivity contribution in [3.8, 4) is 5.75 Å². The second kappa shape index (κ2) is 10.7. The summed E-state index contributed by atoms with van der Waals surface area (Å²) < 4.78 is 10.5. The topological polar surface area (TPSA) is 33.7 Å². The smallest absolute Gasteiger partial charge is 0.118 e. The van der Waals surface area contributed by atoms with Crippen LogP contribution in [0.4, 0.5) is 0 Å². The quantitative estimate of drug-likeness (QED) is 0.630. The summed E-state index contributed by atoms with van der Waals surface area (Å²) in [6, 6.07) is 8.25. The average Bonchev–Trinajstić information content (AvgIpc) is 2.47. The molecule has 0 radical (unpaired) electrons. The molecule has 20 heavy (non-hydrogen) atoms. The predicted octanol–water partition coefficient (Wildman–Crippen LogP) is 2.14. The fraction of sp³-hybridized carbons (Fsp3) is 0.625. The van der Waals surface area contributed by atoms with Crippen molar-refractivity contribution in [3.63, 3.8) is 0 Å². The predicted molar refractivity (Wildman–Crippen MR) is 83.3 cm³/mol. The summed E-state index contributed by atoms with van der Waals surface area (Å²) in [5, 5.41) is 3.44. The first kappa shape index (κ1) is 17.0. The van der Waals surface area contributed by atoms with Crippen molar-refractivity contribution in [1.82, 2.24) is 10.2 Å². The maximum absolute atomic E-state index is 5.30. The Hall–Kier alpha value is -1.10. The molecule has 4 heteroatoms. The number of nitrogens with one attached hydrogen (secondary N) is 1. The number of hydrogen-bond donors (Lipinski definition) is 1. The van der Waals surface area contributed by atoms with E-state index in [2.05, 4.69) is 29.4 Å². The van der Waals surface area contributed by atoms with Crippen LogP contribution in [-0.2, 0) is 11.3 Å². The number of rotatable bonds is 11. The van der Waals surface area contributed by atoms with Gasteiger partial charge in [0.2, 0.25) is 0 Å². The second-order valence-corrected chi connectivity index (χ2v) is 4.89. The summed E-state index contributed by atoms with van der Waals surface area (Å²) in [5.41, 5.74) is 1.31. The van der Waals surface area contributed by atoms with Gasteiger partial charge in [0, 0.05) is 32.8 Å². The lowest BCUT2D eigenvalue weighted by Crippen LogP contribution is -2.29. The van der Waals surface area contributed by atoms with Crippen LogP contribution in [-0.4, -0.2) is 51.9 Å². The highest BCUT2D eigenvalue weighted by molar-refractivity contribution is 5.26. The van der Waals surface area contributed by atoms with E-state index in [9.17, 15) is 0 Å². The lowest BCUT2D eigenvalue weighted by atomic mass is 10.2. The molecular formula is C16H28N2O2. The number of benzene rings is 1. The van der Waals surface area contributed by atoms with Gasteiger partial charge in [-0.25, -0.2) is 0 Å². The number of hydrogen-bond acceptors (Lipinski definition) is 4. The summed E-state index contributed by atoms with van der Waals surface area (Å²) >= 11 is 0. The Kier molecular flexibility index (Phi) is 9.04. The van der Waals surface area contributed by atoms with Gasteiger partial charge in [-0.3, -0.25) is 0 Å². The van der Waals surface area contributed by atoms with E-state index in [1.165, 1.54) is 5.56 Å². The standard InChI is InChI=1S/C16H28N2O2/c1-4-20-13-5-10-17-11-12-18(2)14-15-6-8-16(19-3)9-7-15/h6-9,17H,4-5,10-14H2,1-3H3. The van der Waals surface area contributed by atoms with E-state index < -0.39 is 0 Å². The fourth-order valence-corrected chi connectivity index (χ4v) is 1.96. The van der Waals surface area contributed by atoms with Crippen LogP contribution in [0.3, 0.4) is 0 Å². The van der Waals surface area contributed by atoms with Crippen molar-refractivity contribution in [1.29, 1.82) is 0 Å². The SMILES string of the molecule is CCOCCCNCCN(C)Cc1ccc(OC)cc1. The molecule has 0 atom stereocenters. The Labute approximate surface area is 123 Å². The van der Waals surface area contributed by atoms with E-state index in [0.29, 0.717) is 0 Å². The molecule has 114 valence electrons. The molecule has 0 spiro atoms. The van der Waals surface area contributed by atoms with Gasteiger partial charge in [-0.2, -0.15) is 0 Å². The molecule has 0 aromatic heterocycles. The van der Waals surface area contributed by atoms with E-state index in [1.54, 1.807) is 7.11 Å². The first-order valence-electron chi connectivity index (χ1n) is 7.36. The zero-order valence-corrected chi connectivity index (χ0v) is 13.0. The van der Waals surface area contributed by atoms with Gasteiger partial charge in [0.25, 0.3) is 0 Å². The first-order valence-corrected chi connectivity index (χ1v) is 7.36. The molecule has 0 amide bonds. The zero-order chi connectivity index (χ0) is 14.6. The van der Waals surface area contributed by atoms with Crippen molar-refractivity contribution in [3.05, 3.63) is 29.8 Å². The minimum absolute atomic E-state index is 0.810. The second-order valence-electron chi connectivity index (χ2n) is 4.89. The highest BCUT2D eigenvalue weighted by Crippen LogP contribution is 2.12. The van der Waals surface area contributed by atoms with Crippen molar-refractivity contribution >= 4 is 0 Å². The van der Waals surface area contributed by atoms with E-state index >= 15 is 0 Å². The van der Waals surface area contributed by atoms with Crippen LogP contribution in [0.2, 0.25) is 0 Å². The molecule has 0 heterocycles. The molecular weight excluding hydrogens is 252 g/mol. The summed E-state index contributed by atoms with van der Waals surface area (Å²) in [6.07, 6.45) is 1.08. The van der Waals surface area contributed by atoms with Gasteiger partial charge in [-0.15, -0.1) is 0 Å². The summed E-state index contributed by atoms with van der Waals surface area (Å²) in [7, 11) is 3.84. The van der Waals surface area contributed by atoms with Crippen LogP contribution in [0, 0.1) is 0 Å². The van der Waals surface area contributed by atoms with Crippen molar-refractivity contribution in [2.75, 3.05) is 47.0 Å². The van der Waals surface area contributed by atoms with Crippen molar-refractivity contribution in [2.45, 2.75) is 19.9 Å². The van der Waals surface area contributed by atoms with Crippen molar-refractivity contribution in [2.24, 2.45) is 0 Å². The Bertz CT molecular complexity index is 341. The minimum Gasteiger partial charge on any atom is -0.497 e. The van der Waals surface area contributed by atoms with Gasteiger partial charge in [-0.1, -0.05) is 12.1 Å². The van der Waals surface area contributed by atoms with E-state index in [0.717, 1.165) is 51.6 Å². The van der Waals surface area contributed by atoms with E-state index in [-0.39, 0.29) is 0 Å². The summed E-state index contributed by atoms with van der Waals surface area (Å²) in [4.78, 5) is 2.32. The molecule has 4 nitrogen and oxygen atoms in total. The first-order chi connectivity index (χ1) is 9.76. The molecule has 0 bridgehead atoms. The molecule has 0 saturated heterocycles. The number of ether oxygens (including phenoxy) is 2. The van der Waals surface area contributed by atoms with Gasteiger partial charge in [-0.05, 0) is 44.6 Å². The molecule has 0 fully saturated rings. The highest BCUT2D eigenvalue weighted by atomic mass is 16.5. The third kappa shape index (κ3) is 7.48. The van der Waals surface area contributed by atoms with Gasteiger partial charge < -0.3 is 19.7 Å². The summed E-state index contributed by atoms with van der Waals surface area (Å²) in [6.45, 7) is 7.73. The van der Waals surface area contributed by atoms with Crippen LogP contribution in [0.25, 0.3) is 0 Å². The van der Waals surface area contributed by atoms with E-state index in [1.807, 2.05) is 19.1 Å².